The second-order valence-electron chi connectivity index (χ2n) is 7.40. The number of fused-ring (bicyclic) bond motifs is 1. The summed E-state index contributed by atoms with van der Waals surface area (Å²) in [6, 6.07) is 10.0. The molecule has 0 saturated heterocycles. The van der Waals surface area contributed by atoms with E-state index in [4.69, 9.17) is 9.47 Å². The number of esters is 1. The Morgan fingerprint density at radius 2 is 2.12 bits per heavy atom. The van der Waals surface area contributed by atoms with Crippen LogP contribution < -0.4 is 19.6 Å². The monoisotopic (exact) mass is 654 g/mol. The normalized spacial score (nSPS) is 15.7. The fourth-order valence-corrected chi connectivity index (χ4v) is 6.34. The highest BCUT2D eigenvalue weighted by atomic mass is 127. The van der Waals surface area contributed by atoms with Crippen molar-refractivity contribution in [3.05, 3.63) is 86.5 Å². The molecule has 10 heteroatoms. The number of ether oxygens (including phenoxy) is 2. The smallest absolute Gasteiger partial charge is 0.338 e. The Morgan fingerprint density at radius 1 is 1.35 bits per heavy atom. The maximum absolute atomic E-state index is 13.7. The van der Waals surface area contributed by atoms with Gasteiger partial charge in [-0.15, -0.1) is 0 Å². The molecule has 2 aromatic carbocycles. The molecule has 0 fully saturated rings. The molecule has 4 rings (SSSR count). The van der Waals surface area contributed by atoms with Gasteiger partial charge in [-0.2, -0.15) is 0 Å². The molecule has 0 spiro atoms. The third-order valence-electron chi connectivity index (χ3n) is 5.27. The highest BCUT2D eigenvalue weighted by Crippen LogP contribution is 2.33. The van der Waals surface area contributed by atoms with Crippen molar-refractivity contribution in [1.29, 1.82) is 0 Å². The van der Waals surface area contributed by atoms with Gasteiger partial charge in [0.15, 0.2) is 4.80 Å². The minimum absolute atomic E-state index is 0.0855. The number of hydrogen-bond acceptors (Lipinski definition) is 7. The van der Waals surface area contributed by atoms with Gasteiger partial charge in [-0.05, 0) is 72.3 Å². The molecule has 1 N–H and O–H groups in total. The standard InChI is InChI=1S/C24H20BrIN2O5S/c1-4-33-23(31)19-12(2)27-24-28(20(19)13-6-5-7-16(9-13)32-3)22(30)18(34-24)10-14-8-15(25)11-17(26)21(14)29/h5-11,20,29H,4H2,1-3H3/b18-10+/t20-/m1/s1. The topological polar surface area (TPSA) is 90.1 Å². The first kappa shape index (κ1) is 24.7. The van der Waals surface area contributed by atoms with Crippen molar-refractivity contribution >= 4 is 61.9 Å². The van der Waals surface area contributed by atoms with E-state index in [1.807, 2.05) is 34.7 Å². The molecule has 1 aromatic heterocycles. The molecule has 176 valence electrons. The lowest BCUT2D eigenvalue weighted by molar-refractivity contribution is -0.139. The number of allylic oxidation sites excluding steroid dienone is 1. The van der Waals surface area contributed by atoms with Gasteiger partial charge in [0.1, 0.15) is 11.5 Å². The van der Waals surface area contributed by atoms with Gasteiger partial charge < -0.3 is 14.6 Å². The molecule has 0 saturated carbocycles. The van der Waals surface area contributed by atoms with Crippen LogP contribution in [0.1, 0.15) is 31.0 Å². The van der Waals surface area contributed by atoms with Crippen molar-refractivity contribution in [2.75, 3.05) is 13.7 Å². The Kier molecular flexibility index (Phi) is 7.29. The molecular formula is C24H20BrIN2O5S. The number of halogens is 2. The number of carbonyl (C=O) groups excluding carboxylic acids is 1. The van der Waals surface area contributed by atoms with E-state index in [9.17, 15) is 14.7 Å². The summed E-state index contributed by atoms with van der Waals surface area (Å²) in [5.74, 6) is 0.165. The number of carbonyl (C=O) groups is 1. The van der Waals surface area contributed by atoms with Crippen molar-refractivity contribution < 1.29 is 19.4 Å². The number of hydrogen-bond donors (Lipinski definition) is 1. The van der Waals surface area contributed by atoms with Gasteiger partial charge in [0.2, 0.25) is 0 Å². The van der Waals surface area contributed by atoms with Crippen molar-refractivity contribution in [3.63, 3.8) is 0 Å². The summed E-state index contributed by atoms with van der Waals surface area (Å²) in [7, 11) is 1.56. The van der Waals surface area contributed by atoms with E-state index >= 15 is 0 Å². The van der Waals surface area contributed by atoms with Crippen molar-refractivity contribution in [3.8, 4) is 11.5 Å². The number of phenolic OH excluding ortho intramolecular Hbond substituents is 1. The van der Waals surface area contributed by atoms with Gasteiger partial charge in [0.25, 0.3) is 5.56 Å². The molecule has 1 atom stereocenters. The molecule has 0 radical (unpaired) electrons. The average Bonchev–Trinajstić information content (AvgIpc) is 3.10. The highest BCUT2D eigenvalue weighted by Gasteiger charge is 2.33. The van der Waals surface area contributed by atoms with Crippen LogP contribution in [0.15, 0.2) is 61.9 Å². The summed E-state index contributed by atoms with van der Waals surface area (Å²) >= 11 is 6.66. The Bertz CT molecular complexity index is 1510. The maximum atomic E-state index is 13.7. The molecule has 0 unspecified atom stereocenters. The lowest BCUT2D eigenvalue weighted by Gasteiger charge is -2.25. The van der Waals surface area contributed by atoms with E-state index in [1.165, 1.54) is 15.9 Å². The summed E-state index contributed by atoms with van der Waals surface area (Å²) in [4.78, 5) is 31.6. The van der Waals surface area contributed by atoms with E-state index in [1.54, 1.807) is 51.3 Å². The molecule has 0 aliphatic carbocycles. The predicted molar refractivity (Wildman–Crippen MR) is 142 cm³/mol. The summed E-state index contributed by atoms with van der Waals surface area (Å²) < 4.78 is 14.0. The molecular weight excluding hydrogens is 635 g/mol. The lowest BCUT2D eigenvalue weighted by atomic mass is 9.95. The third-order valence-corrected chi connectivity index (χ3v) is 7.53. The summed E-state index contributed by atoms with van der Waals surface area (Å²) in [6.45, 7) is 3.67. The number of aromatic hydroxyl groups is 1. The van der Waals surface area contributed by atoms with E-state index in [0.29, 0.717) is 41.1 Å². The van der Waals surface area contributed by atoms with Crippen LogP contribution in [0.3, 0.4) is 0 Å². The van der Waals surface area contributed by atoms with Crippen LogP contribution in [-0.4, -0.2) is 29.4 Å². The first-order valence-electron chi connectivity index (χ1n) is 10.3. The Hall–Kier alpha value is -2.44. The first-order valence-corrected chi connectivity index (χ1v) is 13.0. The third kappa shape index (κ3) is 4.58. The number of methoxy groups -OCH3 is 1. The summed E-state index contributed by atoms with van der Waals surface area (Å²) in [5.41, 5.74) is 1.67. The largest absolute Gasteiger partial charge is 0.506 e. The minimum atomic E-state index is -0.733. The number of rotatable bonds is 5. The average molecular weight is 655 g/mol. The van der Waals surface area contributed by atoms with Crippen LogP contribution in [0.2, 0.25) is 0 Å². The zero-order chi connectivity index (χ0) is 24.6. The number of aromatic nitrogens is 1. The molecule has 7 nitrogen and oxygen atoms in total. The number of nitrogens with zero attached hydrogens (tertiary/aromatic N) is 2. The highest BCUT2D eigenvalue weighted by molar-refractivity contribution is 14.1. The SMILES string of the molecule is CCOC(=O)C1=C(C)N=c2s/c(=C/c3cc(Br)cc(I)c3O)c(=O)n2[C@@H]1c1cccc(OC)c1. The maximum Gasteiger partial charge on any atom is 0.338 e. The van der Waals surface area contributed by atoms with Crippen molar-refractivity contribution in [2.24, 2.45) is 4.99 Å². The number of phenols is 1. The molecule has 0 amide bonds. The zero-order valence-corrected chi connectivity index (χ0v) is 23.0. The molecule has 1 aliphatic rings. The van der Waals surface area contributed by atoms with E-state index < -0.39 is 12.0 Å². The molecule has 2 heterocycles. The second kappa shape index (κ2) is 10.0. The van der Waals surface area contributed by atoms with Crippen LogP contribution in [-0.2, 0) is 9.53 Å². The van der Waals surface area contributed by atoms with Crippen molar-refractivity contribution in [1.82, 2.24) is 4.57 Å². The predicted octanol–water partition coefficient (Wildman–Crippen LogP) is 3.88. The van der Waals surface area contributed by atoms with E-state index in [-0.39, 0.29) is 17.9 Å². The molecule has 34 heavy (non-hydrogen) atoms. The number of benzene rings is 2. The second-order valence-corrected chi connectivity index (χ2v) is 10.5. The van der Waals surface area contributed by atoms with Gasteiger partial charge in [-0.25, -0.2) is 9.79 Å². The van der Waals surface area contributed by atoms with Gasteiger partial charge in [0, 0.05) is 10.0 Å². The quantitative estimate of drug-likeness (QED) is 0.333. The van der Waals surface area contributed by atoms with Gasteiger partial charge in [-0.3, -0.25) is 9.36 Å². The molecule has 0 bridgehead atoms. The minimum Gasteiger partial charge on any atom is -0.506 e. The molecule has 1 aliphatic heterocycles. The van der Waals surface area contributed by atoms with Crippen molar-refractivity contribution in [2.45, 2.75) is 19.9 Å². The first-order chi connectivity index (χ1) is 16.2. The fourth-order valence-electron chi connectivity index (χ4n) is 3.76. The van der Waals surface area contributed by atoms with Crippen LogP contribution in [0.4, 0.5) is 0 Å². The van der Waals surface area contributed by atoms with Crippen LogP contribution in [0, 0.1) is 3.57 Å². The van der Waals surface area contributed by atoms with Gasteiger partial charge in [0.05, 0.1) is 39.1 Å². The summed E-state index contributed by atoms with van der Waals surface area (Å²) in [5, 5.41) is 10.5. The van der Waals surface area contributed by atoms with Crippen LogP contribution >= 0.6 is 49.9 Å². The van der Waals surface area contributed by atoms with Gasteiger partial charge >= 0.3 is 5.97 Å². The zero-order valence-electron chi connectivity index (χ0n) is 18.5. The summed E-state index contributed by atoms with van der Waals surface area (Å²) in [6.07, 6.45) is 1.64. The van der Waals surface area contributed by atoms with E-state index in [0.717, 1.165) is 4.47 Å². The van der Waals surface area contributed by atoms with Crippen LogP contribution in [0.25, 0.3) is 6.08 Å². The molecule has 3 aromatic rings. The number of thiazole rings is 1. The van der Waals surface area contributed by atoms with Crippen LogP contribution in [0.5, 0.6) is 11.5 Å². The van der Waals surface area contributed by atoms with E-state index in [2.05, 4.69) is 20.9 Å². The fraction of sp³-hybridized carbons (Fsp3) is 0.208. The lowest BCUT2D eigenvalue weighted by Crippen LogP contribution is -2.39. The Balaban J connectivity index is 1.99. The van der Waals surface area contributed by atoms with Gasteiger partial charge in [-0.1, -0.05) is 39.4 Å². The Labute approximate surface area is 221 Å². The Morgan fingerprint density at radius 3 is 2.82 bits per heavy atom.